The number of methoxy groups -OCH3 is 1. The van der Waals surface area contributed by atoms with Crippen molar-refractivity contribution in [1.82, 2.24) is 19.9 Å². The molecule has 0 atom stereocenters. The largest absolute Gasteiger partial charge is 0.497 e. The molecule has 0 fully saturated rings. The van der Waals surface area contributed by atoms with Gasteiger partial charge >= 0.3 is 0 Å². The Morgan fingerprint density at radius 3 is 2.71 bits per heavy atom. The Morgan fingerprint density at radius 1 is 1.12 bits per heavy atom. The number of hydrogen-bond donors (Lipinski definition) is 1. The number of nitrogens with zero attached hydrogens (tertiary/aromatic N) is 3. The fourth-order valence-corrected chi connectivity index (χ4v) is 1.63. The molecule has 84 valence electrons. The van der Waals surface area contributed by atoms with Crippen LogP contribution in [0.15, 0.2) is 36.8 Å². The Balaban J connectivity index is 2.06. The maximum absolute atomic E-state index is 5.11. The second-order valence-electron chi connectivity index (χ2n) is 3.56. The first-order valence-electron chi connectivity index (χ1n) is 5.17. The van der Waals surface area contributed by atoms with Gasteiger partial charge in [-0.2, -0.15) is 0 Å². The quantitative estimate of drug-likeness (QED) is 0.726. The van der Waals surface area contributed by atoms with E-state index in [1.807, 2.05) is 24.3 Å². The summed E-state index contributed by atoms with van der Waals surface area (Å²) in [5.41, 5.74) is 3.12. The van der Waals surface area contributed by atoms with Crippen molar-refractivity contribution in [1.29, 1.82) is 0 Å². The second kappa shape index (κ2) is 3.86. The molecule has 17 heavy (non-hydrogen) atoms. The lowest BCUT2D eigenvalue weighted by Gasteiger charge is -2.02. The van der Waals surface area contributed by atoms with Crippen LogP contribution in [-0.2, 0) is 0 Å². The van der Waals surface area contributed by atoms with Crippen molar-refractivity contribution in [2.45, 2.75) is 0 Å². The molecular weight excluding hydrogens is 216 g/mol. The average Bonchev–Trinajstić information content (AvgIpc) is 2.86. The van der Waals surface area contributed by atoms with E-state index in [0.717, 1.165) is 17.0 Å². The zero-order valence-corrected chi connectivity index (χ0v) is 9.21. The molecule has 0 unspecified atom stereocenters. The molecule has 0 aliphatic carbocycles. The van der Waals surface area contributed by atoms with Crippen molar-refractivity contribution < 1.29 is 4.74 Å². The lowest BCUT2D eigenvalue weighted by molar-refractivity contribution is 0.415. The number of H-pyrrole nitrogens is 1. The van der Waals surface area contributed by atoms with Crippen LogP contribution in [0.3, 0.4) is 0 Å². The molecule has 1 N–H and O–H groups in total. The second-order valence-corrected chi connectivity index (χ2v) is 3.56. The van der Waals surface area contributed by atoms with Crippen LogP contribution in [0, 0.1) is 0 Å². The van der Waals surface area contributed by atoms with Crippen LogP contribution < -0.4 is 4.74 Å². The third kappa shape index (κ3) is 1.71. The molecule has 0 bridgehead atoms. The summed E-state index contributed by atoms with van der Waals surface area (Å²) < 4.78 is 5.11. The summed E-state index contributed by atoms with van der Waals surface area (Å²) in [6.07, 6.45) is 3.30. The van der Waals surface area contributed by atoms with E-state index in [9.17, 15) is 0 Å². The lowest BCUT2D eigenvalue weighted by Crippen LogP contribution is -1.88. The van der Waals surface area contributed by atoms with Crippen molar-refractivity contribution in [3.8, 4) is 17.0 Å². The van der Waals surface area contributed by atoms with Gasteiger partial charge in [0.2, 0.25) is 0 Å². The SMILES string of the molecule is COc1ccc(-c2cnc3nc[nH]c3n2)cc1. The van der Waals surface area contributed by atoms with Gasteiger partial charge in [0.15, 0.2) is 11.3 Å². The number of benzene rings is 1. The highest BCUT2D eigenvalue weighted by atomic mass is 16.5. The molecule has 0 radical (unpaired) electrons. The molecule has 0 amide bonds. The topological polar surface area (TPSA) is 63.7 Å². The number of rotatable bonds is 2. The van der Waals surface area contributed by atoms with Gasteiger partial charge in [-0.25, -0.2) is 15.0 Å². The van der Waals surface area contributed by atoms with Crippen LogP contribution in [0.5, 0.6) is 5.75 Å². The van der Waals surface area contributed by atoms with Crippen molar-refractivity contribution >= 4 is 11.3 Å². The number of aromatic nitrogens is 4. The van der Waals surface area contributed by atoms with Crippen molar-refractivity contribution in [3.05, 3.63) is 36.8 Å². The number of hydrogen-bond acceptors (Lipinski definition) is 4. The minimum atomic E-state index is 0.627. The Bertz CT molecular complexity index is 645. The van der Waals surface area contributed by atoms with Gasteiger partial charge in [-0.1, -0.05) is 0 Å². The number of fused-ring (bicyclic) bond motifs is 1. The van der Waals surface area contributed by atoms with E-state index in [2.05, 4.69) is 19.9 Å². The van der Waals surface area contributed by atoms with Gasteiger partial charge in [0, 0.05) is 5.56 Å². The predicted molar refractivity (Wildman–Crippen MR) is 63.7 cm³/mol. The summed E-state index contributed by atoms with van der Waals surface area (Å²) in [7, 11) is 1.64. The van der Waals surface area contributed by atoms with Crippen LogP contribution in [0.1, 0.15) is 0 Å². The molecular formula is C12H10N4O. The van der Waals surface area contributed by atoms with Gasteiger partial charge in [0.05, 0.1) is 25.3 Å². The number of ether oxygens (including phenoxy) is 1. The van der Waals surface area contributed by atoms with Gasteiger partial charge in [-0.15, -0.1) is 0 Å². The van der Waals surface area contributed by atoms with Crippen molar-refractivity contribution in [3.63, 3.8) is 0 Å². The summed E-state index contributed by atoms with van der Waals surface area (Å²) in [5, 5.41) is 0. The Hall–Kier alpha value is -2.43. The summed E-state index contributed by atoms with van der Waals surface area (Å²) in [5.74, 6) is 0.823. The zero-order chi connectivity index (χ0) is 11.7. The van der Waals surface area contributed by atoms with Gasteiger partial charge in [-0.05, 0) is 24.3 Å². The minimum absolute atomic E-state index is 0.627. The maximum atomic E-state index is 5.11. The van der Waals surface area contributed by atoms with Crippen LogP contribution in [-0.4, -0.2) is 27.0 Å². The molecule has 0 aliphatic rings. The molecule has 5 heteroatoms. The molecule has 1 aromatic carbocycles. The maximum Gasteiger partial charge on any atom is 0.197 e. The van der Waals surface area contributed by atoms with E-state index in [0.29, 0.717) is 11.3 Å². The number of aromatic amines is 1. The summed E-state index contributed by atoms with van der Waals surface area (Å²) in [6, 6.07) is 7.69. The van der Waals surface area contributed by atoms with Gasteiger partial charge in [-0.3, -0.25) is 0 Å². The lowest BCUT2D eigenvalue weighted by atomic mass is 10.1. The molecule has 2 heterocycles. The molecule has 0 saturated carbocycles. The first-order chi connectivity index (χ1) is 8.36. The van der Waals surface area contributed by atoms with Gasteiger partial charge in [0.25, 0.3) is 0 Å². The molecule has 0 aliphatic heterocycles. The van der Waals surface area contributed by atoms with E-state index < -0.39 is 0 Å². The first kappa shape index (κ1) is 9.77. The molecule has 5 nitrogen and oxygen atoms in total. The fraction of sp³-hybridized carbons (Fsp3) is 0.0833. The smallest absolute Gasteiger partial charge is 0.197 e. The first-order valence-corrected chi connectivity index (χ1v) is 5.17. The highest BCUT2D eigenvalue weighted by molar-refractivity contribution is 5.70. The average molecular weight is 226 g/mol. The monoisotopic (exact) mass is 226 g/mol. The van der Waals surface area contributed by atoms with Crippen LogP contribution in [0.25, 0.3) is 22.6 Å². The van der Waals surface area contributed by atoms with Gasteiger partial charge in [0.1, 0.15) is 5.75 Å². The number of nitrogens with one attached hydrogen (secondary N) is 1. The molecule has 3 rings (SSSR count). The molecule has 0 spiro atoms. The molecule has 3 aromatic rings. The third-order valence-electron chi connectivity index (χ3n) is 2.53. The highest BCUT2D eigenvalue weighted by Gasteiger charge is 2.04. The Kier molecular flexibility index (Phi) is 2.22. The Labute approximate surface area is 97.5 Å². The van der Waals surface area contributed by atoms with Gasteiger partial charge < -0.3 is 9.72 Å². The highest BCUT2D eigenvalue weighted by Crippen LogP contribution is 2.20. The van der Waals surface area contributed by atoms with Crippen molar-refractivity contribution in [2.24, 2.45) is 0 Å². The van der Waals surface area contributed by atoms with Crippen LogP contribution >= 0.6 is 0 Å². The van der Waals surface area contributed by atoms with E-state index in [1.54, 1.807) is 19.6 Å². The molecule has 0 saturated heterocycles. The summed E-state index contributed by atoms with van der Waals surface area (Å²) in [4.78, 5) is 15.6. The summed E-state index contributed by atoms with van der Waals surface area (Å²) >= 11 is 0. The number of imidazole rings is 1. The van der Waals surface area contributed by atoms with Crippen molar-refractivity contribution in [2.75, 3.05) is 7.11 Å². The summed E-state index contributed by atoms with van der Waals surface area (Å²) in [6.45, 7) is 0. The zero-order valence-electron chi connectivity index (χ0n) is 9.21. The van der Waals surface area contributed by atoms with Crippen LogP contribution in [0.4, 0.5) is 0 Å². The normalized spacial score (nSPS) is 10.6. The minimum Gasteiger partial charge on any atom is -0.497 e. The third-order valence-corrected chi connectivity index (χ3v) is 2.53. The fourth-order valence-electron chi connectivity index (χ4n) is 1.63. The molecule has 2 aromatic heterocycles. The van der Waals surface area contributed by atoms with E-state index in [-0.39, 0.29) is 0 Å². The predicted octanol–water partition coefficient (Wildman–Crippen LogP) is 2.03. The van der Waals surface area contributed by atoms with Crippen LogP contribution in [0.2, 0.25) is 0 Å². The Morgan fingerprint density at radius 2 is 1.94 bits per heavy atom. The van der Waals surface area contributed by atoms with E-state index in [4.69, 9.17) is 4.74 Å². The van der Waals surface area contributed by atoms with E-state index >= 15 is 0 Å². The standard InChI is InChI=1S/C12H10N4O/c1-17-9-4-2-8(3-5-9)10-6-13-11-12(16-10)15-7-14-11/h2-7H,1H3,(H,13,14,15,16). The van der Waals surface area contributed by atoms with E-state index in [1.165, 1.54) is 0 Å².